The molecular weight excluding hydrogens is 2180 g/mol. The first-order valence-corrected chi connectivity index (χ1v) is 68.9. The maximum absolute atomic E-state index is 5.82. The average Bonchev–Trinajstić information content (AvgIpc) is 1.65. The Hall–Kier alpha value is -4.33. The molecule has 1 saturated carbocycles. The van der Waals surface area contributed by atoms with Crippen molar-refractivity contribution in [2.45, 2.75) is 323 Å². The van der Waals surface area contributed by atoms with E-state index in [-0.39, 0.29) is 57.4 Å². The zero-order valence-electron chi connectivity index (χ0n) is 85.1. The van der Waals surface area contributed by atoms with Gasteiger partial charge in [0.15, 0.2) is 0 Å². The Bertz CT molecular complexity index is 5000. The molecule has 20 heteroatoms. The number of para-hydroxylation sites is 8. The van der Waals surface area contributed by atoms with Crippen LogP contribution >= 0.6 is 77.5 Å². The zero-order chi connectivity index (χ0) is 99.7. The molecule has 5 fully saturated rings. The largest absolute Gasteiger partial charge is 0.517 e. The first-order valence-electron chi connectivity index (χ1n) is 47.0. The van der Waals surface area contributed by atoms with Gasteiger partial charge in [-0.15, -0.1) is 21.7 Å². The van der Waals surface area contributed by atoms with Crippen LogP contribution in [0, 0.1) is 97.8 Å². The number of halogens is 8. The summed E-state index contributed by atoms with van der Waals surface area (Å²) in [7, 11) is 46.5. The van der Waals surface area contributed by atoms with Crippen molar-refractivity contribution in [2.24, 2.45) is 16.2 Å². The zero-order valence-corrected chi connectivity index (χ0v) is 98.1. The topological polar surface area (TPSA) is 49.9 Å². The van der Waals surface area contributed by atoms with Gasteiger partial charge in [0.05, 0.1) is 0 Å². The van der Waals surface area contributed by atoms with Gasteiger partial charge in [-0.25, -0.2) is 26.2 Å². The third-order valence-corrected chi connectivity index (χ3v) is 32.2. The molecular formula is C114H154Cl8N4O4Ru4-4. The van der Waals surface area contributed by atoms with Crippen LogP contribution in [0.3, 0.4) is 0 Å². The normalized spacial score (nSPS) is 18.0. The molecule has 0 amide bonds. The average molecular weight is 2330 g/mol. The molecule has 1 atom stereocenters. The Morgan fingerprint density at radius 1 is 0.299 bits per heavy atom. The standard InChI is InChI=1S/C21H26N.C19H28N.C18H28N.C16H24N.4C10H12O.8ClH.4Ru/c1-16-10-9-11-17(2)19(16)22-15-21(5,14-20(22,3)4)18-12-7-6-8-13-18;1-15-9-8-10-16(2)17(15)20-14-19(13-18(20,3)4)11-6-5-7-12-19;1-7-18(8-2)12-17(5,6)19(13-18)16-14(3)10-9-11-15(16)4;1-12-8-7-9-13(2)14(12)17-11-15(3,4)10-16(17,5)6;4*1-8(2)11-10-7-5-4-6-9(10)3;;;;;;;;;;;;/h6-13,15H,14H2,1-5H3;8-10,14H,5-7,11-13H2,1-4H3;9-11,13H,7-8,12H2,1-6H3;7-9,11H,10H2,1-6H3;4*3-8H,1-2H3;8*1H;;;;/q4*-1;;;;;;;;;;;;;4*+2/p-8. The minimum atomic E-state index is -1.77. The van der Waals surface area contributed by atoms with Crippen LogP contribution in [0.4, 0.5) is 22.7 Å². The molecule has 4 heterocycles. The van der Waals surface area contributed by atoms with Crippen LogP contribution in [-0.4, -0.2) is 65.0 Å². The van der Waals surface area contributed by atoms with Crippen LogP contribution in [0.1, 0.15) is 288 Å². The number of ether oxygens (including phenoxy) is 4. The van der Waals surface area contributed by atoms with E-state index in [0.717, 1.165) is 51.7 Å². The van der Waals surface area contributed by atoms with Gasteiger partial charge in [-0.1, -0.05) is 208 Å². The van der Waals surface area contributed by atoms with Crippen molar-refractivity contribution in [3.8, 4) is 23.0 Å². The van der Waals surface area contributed by atoms with Crippen LogP contribution < -0.4 is 38.5 Å². The molecule has 9 aromatic carbocycles. The molecule has 746 valence electrons. The van der Waals surface area contributed by atoms with Gasteiger partial charge < -0.3 is 19.6 Å². The van der Waals surface area contributed by atoms with E-state index >= 15 is 0 Å². The van der Waals surface area contributed by atoms with E-state index in [0.29, 0.717) is 10.8 Å². The van der Waals surface area contributed by atoms with Crippen molar-refractivity contribution in [1.82, 2.24) is 0 Å². The van der Waals surface area contributed by atoms with Gasteiger partial charge in [-0.3, -0.25) is 0 Å². The van der Waals surface area contributed by atoms with Gasteiger partial charge in [0.1, 0.15) is 0 Å². The number of aryl methyl sites for hydroxylation is 8. The van der Waals surface area contributed by atoms with Gasteiger partial charge in [-0.05, 0) is 162 Å². The van der Waals surface area contributed by atoms with E-state index in [1.807, 2.05) is 171 Å². The number of rotatable bonds is 19. The number of hydrogen-bond donors (Lipinski definition) is 0. The molecule has 8 nitrogen and oxygen atoms in total. The predicted molar refractivity (Wildman–Crippen MR) is 578 cm³/mol. The van der Waals surface area contributed by atoms with Crippen LogP contribution in [-0.2, 0) is 59.5 Å². The van der Waals surface area contributed by atoms with Gasteiger partial charge in [-0.2, -0.15) is 0 Å². The quantitative estimate of drug-likeness (QED) is 0.0586. The molecule has 134 heavy (non-hydrogen) atoms. The summed E-state index contributed by atoms with van der Waals surface area (Å²) in [4.78, 5) is 10.1. The van der Waals surface area contributed by atoms with E-state index in [4.69, 9.17) is 96.5 Å². The Morgan fingerprint density at radius 3 is 0.821 bits per heavy atom. The van der Waals surface area contributed by atoms with Crippen molar-refractivity contribution in [3.63, 3.8) is 0 Å². The third kappa shape index (κ3) is 35.1. The first kappa shape index (κ1) is 117. The minimum absolute atomic E-state index is 0.0828. The van der Waals surface area contributed by atoms with Gasteiger partial charge in [0.2, 0.25) is 0 Å². The number of benzene rings is 9. The molecule has 0 bridgehead atoms. The second-order valence-corrected chi connectivity index (χ2v) is 63.6. The summed E-state index contributed by atoms with van der Waals surface area (Å²) >= 11 is -7.08. The third-order valence-electron chi connectivity index (χ3n) is 24.9. The summed E-state index contributed by atoms with van der Waals surface area (Å²) in [6.07, 6.45) is 15.0. The number of nitrogens with zero attached hydrogens (tertiary/aromatic N) is 4. The van der Waals surface area contributed by atoms with Crippen LogP contribution in [0.2, 0.25) is 0 Å². The van der Waals surface area contributed by atoms with Gasteiger partial charge in [0.25, 0.3) is 0 Å². The fourth-order valence-electron chi connectivity index (χ4n) is 19.6. The van der Waals surface area contributed by atoms with Crippen molar-refractivity contribution in [2.75, 3.05) is 19.6 Å². The van der Waals surface area contributed by atoms with Crippen LogP contribution in [0.25, 0.3) is 0 Å². The predicted octanol–water partition coefficient (Wildman–Crippen LogP) is 34.8. The molecule has 9 aromatic rings. The van der Waals surface area contributed by atoms with Crippen molar-refractivity contribution < 1.29 is 73.0 Å². The fourth-order valence-corrected chi connectivity index (χ4v) is 26.9. The summed E-state index contributed by atoms with van der Waals surface area (Å²) < 4.78 is 30.1. The van der Waals surface area contributed by atoms with E-state index in [1.54, 1.807) is 0 Å². The molecule has 5 aliphatic rings. The Kier molecular flexibility index (Phi) is 46.3. The second-order valence-electron chi connectivity index (χ2n) is 40.7. The smallest absolute Gasteiger partial charge is 0.0134 e. The Labute approximate surface area is 863 Å². The summed E-state index contributed by atoms with van der Waals surface area (Å²) in [5.41, 5.74) is 24.0. The minimum Gasteiger partial charge on any atom is -0.517 e. The number of hydrogen-bond acceptors (Lipinski definition) is 8. The first-order chi connectivity index (χ1) is 62.7. The van der Waals surface area contributed by atoms with Gasteiger partial charge in [0, 0.05) is 44.9 Å². The van der Waals surface area contributed by atoms with Crippen LogP contribution in [0.15, 0.2) is 200 Å². The summed E-state index contributed by atoms with van der Waals surface area (Å²) in [5, 5.41) is 0. The SMILES string of the molecule is CC(C)Oc1ccccc1[CH]=[Ru]([Cl])[Cl].CC(C)Oc1ccccc1[CH]=[Ru]([Cl])[Cl].CC(C)Oc1ccccc1[CH]=[Ru]([Cl])[Cl].CC(C)Oc1ccccc1[CH]=[Ru]([Cl])[Cl].CCC1(CC)[CH-]N(c2c(C)cccc2C)C(C)(C)C1.Cc1cccc(C)c1N1[CH-]C(C)(C)CC1(C)C.Cc1cccc(C)c1N1[CH-]C(C)(c2ccccc2)CC1(C)C.Cc1cccc(C)c1N1[CH-]C2(CCCCC2)CC1(C)C. The molecule has 1 aliphatic carbocycles. The Balaban J connectivity index is 0.000000210. The summed E-state index contributed by atoms with van der Waals surface area (Å²) in [6.45, 7) is 74.3. The van der Waals surface area contributed by atoms with E-state index in [9.17, 15) is 0 Å². The summed E-state index contributed by atoms with van der Waals surface area (Å²) in [6, 6.07) is 68.4. The Morgan fingerprint density at radius 2 is 0.552 bits per heavy atom. The number of anilines is 4. The van der Waals surface area contributed by atoms with E-state index in [2.05, 4.69) is 294 Å². The summed E-state index contributed by atoms with van der Waals surface area (Å²) in [5.74, 6) is 3.40. The molecule has 4 aliphatic heterocycles. The van der Waals surface area contributed by atoms with E-state index < -0.39 is 54.1 Å². The molecule has 14 rings (SSSR count). The maximum Gasteiger partial charge on any atom is 0.0134 e. The van der Waals surface area contributed by atoms with Crippen molar-refractivity contribution >= 4 is 119 Å². The van der Waals surface area contributed by atoms with Crippen molar-refractivity contribution in [1.29, 1.82) is 0 Å². The maximum atomic E-state index is 5.82. The molecule has 0 aromatic heterocycles. The van der Waals surface area contributed by atoms with E-state index in [1.165, 1.54) is 137 Å². The fraction of sp³-hybridized carbons (Fsp3) is 0.456. The van der Waals surface area contributed by atoms with Crippen molar-refractivity contribution in [3.05, 3.63) is 299 Å². The van der Waals surface area contributed by atoms with Crippen LogP contribution in [0.5, 0.6) is 23.0 Å². The monoisotopic (exact) mass is 2330 g/mol. The van der Waals surface area contributed by atoms with Gasteiger partial charge >= 0.3 is 391 Å². The molecule has 1 unspecified atom stereocenters. The molecule has 1 spiro atoms. The molecule has 4 saturated heterocycles. The second kappa shape index (κ2) is 53.1. The molecule has 0 N–H and O–H groups in total. The molecule has 0 radical (unpaired) electrons.